The number of nitrogens with one attached hydrogen (secondary N) is 1. The second-order valence-electron chi connectivity index (χ2n) is 3.97. The van der Waals surface area contributed by atoms with Crippen molar-refractivity contribution in [1.29, 1.82) is 0 Å². The predicted octanol–water partition coefficient (Wildman–Crippen LogP) is 2.30. The molecule has 0 amide bonds. The molecule has 88 valence electrons. The highest BCUT2D eigenvalue weighted by molar-refractivity contribution is 5.58. The molecule has 0 radical (unpaired) electrons. The first kappa shape index (κ1) is 11.5. The van der Waals surface area contributed by atoms with E-state index in [1.54, 1.807) is 6.20 Å². The van der Waals surface area contributed by atoms with Crippen molar-refractivity contribution in [3.8, 4) is 0 Å². The van der Waals surface area contributed by atoms with Gasteiger partial charge in [0.2, 0.25) is 0 Å². The van der Waals surface area contributed by atoms with Gasteiger partial charge in [-0.2, -0.15) is 0 Å². The summed E-state index contributed by atoms with van der Waals surface area (Å²) in [5, 5.41) is 3.26. The SMILES string of the molecule is Cc1cnc(C)c(Nc2cccc(CN)c2)n1. The van der Waals surface area contributed by atoms with Gasteiger partial charge in [-0.05, 0) is 31.5 Å². The molecule has 2 aromatic rings. The van der Waals surface area contributed by atoms with E-state index in [0.717, 1.165) is 28.5 Å². The molecule has 1 heterocycles. The summed E-state index contributed by atoms with van der Waals surface area (Å²) >= 11 is 0. The third-order valence-electron chi connectivity index (χ3n) is 2.50. The van der Waals surface area contributed by atoms with Gasteiger partial charge in [-0.15, -0.1) is 0 Å². The lowest BCUT2D eigenvalue weighted by Crippen LogP contribution is -2.01. The third-order valence-corrected chi connectivity index (χ3v) is 2.50. The largest absolute Gasteiger partial charge is 0.339 e. The molecule has 4 heteroatoms. The molecule has 0 saturated carbocycles. The summed E-state index contributed by atoms with van der Waals surface area (Å²) in [5.41, 5.74) is 9.46. The van der Waals surface area contributed by atoms with Gasteiger partial charge in [-0.1, -0.05) is 12.1 Å². The average Bonchev–Trinajstić information content (AvgIpc) is 2.34. The lowest BCUT2D eigenvalue weighted by atomic mass is 10.2. The van der Waals surface area contributed by atoms with Crippen LogP contribution in [0.15, 0.2) is 30.5 Å². The second-order valence-corrected chi connectivity index (χ2v) is 3.97. The van der Waals surface area contributed by atoms with E-state index >= 15 is 0 Å². The van der Waals surface area contributed by atoms with E-state index in [9.17, 15) is 0 Å². The highest BCUT2D eigenvalue weighted by Gasteiger charge is 2.02. The molecule has 0 saturated heterocycles. The van der Waals surface area contributed by atoms with Crippen molar-refractivity contribution in [2.24, 2.45) is 5.73 Å². The molecule has 2 rings (SSSR count). The lowest BCUT2D eigenvalue weighted by molar-refractivity contribution is 1.06. The van der Waals surface area contributed by atoms with Crippen LogP contribution in [0.5, 0.6) is 0 Å². The zero-order chi connectivity index (χ0) is 12.3. The molecule has 3 N–H and O–H groups in total. The predicted molar refractivity (Wildman–Crippen MR) is 69.1 cm³/mol. The van der Waals surface area contributed by atoms with E-state index in [1.807, 2.05) is 38.1 Å². The van der Waals surface area contributed by atoms with Gasteiger partial charge in [0.25, 0.3) is 0 Å². The van der Waals surface area contributed by atoms with Crippen molar-refractivity contribution in [2.75, 3.05) is 5.32 Å². The molecule has 0 aliphatic carbocycles. The molecule has 0 aliphatic heterocycles. The summed E-state index contributed by atoms with van der Waals surface area (Å²) in [6.07, 6.45) is 1.76. The fraction of sp³-hybridized carbons (Fsp3) is 0.231. The molecule has 4 nitrogen and oxygen atoms in total. The highest BCUT2D eigenvalue weighted by Crippen LogP contribution is 2.18. The average molecular weight is 228 g/mol. The number of nitrogens with two attached hydrogens (primary N) is 1. The van der Waals surface area contributed by atoms with Gasteiger partial charge >= 0.3 is 0 Å². The minimum absolute atomic E-state index is 0.536. The molecule has 0 bridgehead atoms. The fourth-order valence-electron chi connectivity index (χ4n) is 1.57. The van der Waals surface area contributed by atoms with E-state index in [1.165, 1.54) is 0 Å². The van der Waals surface area contributed by atoms with Crippen LogP contribution in [0.1, 0.15) is 17.0 Å². The summed E-state index contributed by atoms with van der Waals surface area (Å²) in [6, 6.07) is 7.98. The maximum absolute atomic E-state index is 5.61. The van der Waals surface area contributed by atoms with E-state index in [-0.39, 0.29) is 0 Å². The first-order chi connectivity index (χ1) is 8.19. The number of benzene rings is 1. The smallest absolute Gasteiger partial charge is 0.152 e. The molecular weight excluding hydrogens is 212 g/mol. The van der Waals surface area contributed by atoms with Crippen molar-refractivity contribution in [2.45, 2.75) is 20.4 Å². The topological polar surface area (TPSA) is 63.8 Å². The van der Waals surface area contributed by atoms with Crippen molar-refractivity contribution in [3.05, 3.63) is 47.4 Å². The Morgan fingerprint density at radius 1 is 1.29 bits per heavy atom. The molecule has 0 atom stereocenters. The number of rotatable bonds is 3. The van der Waals surface area contributed by atoms with Crippen LogP contribution >= 0.6 is 0 Å². The Kier molecular flexibility index (Phi) is 3.35. The first-order valence-electron chi connectivity index (χ1n) is 5.55. The van der Waals surface area contributed by atoms with Crippen molar-refractivity contribution in [1.82, 2.24) is 9.97 Å². The minimum atomic E-state index is 0.536. The van der Waals surface area contributed by atoms with Crippen molar-refractivity contribution < 1.29 is 0 Å². The van der Waals surface area contributed by atoms with Crippen molar-refractivity contribution >= 4 is 11.5 Å². The summed E-state index contributed by atoms with van der Waals surface area (Å²) < 4.78 is 0. The summed E-state index contributed by atoms with van der Waals surface area (Å²) in [4.78, 5) is 8.69. The Morgan fingerprint density at radius 2 is 2.12 bits per heavy atom. The third kappa shape index (κ3) is 2.79. The molecule has 0 fully saturated rings. The fourth-order valence-corrected chi connectivity index (χ4v) is 1.57. The molecule has 1 aromatic heterocycles. The van der Waals surface area contributed by atoms with Crippen LogP contribution in [0.3, 0.4) is 0 Å². The van der Waals surface area contributed by atoms with Gasteiger partial charge in [0.05, 0.1) is 11.4 Å². The van der Waals surface area contributed by atoms with Gasteiger partial charge in [0.15, 0.2) is 5.82 Å². The molecule has 17 heavy (non-hydrogen) atoms. The monoisotopic (exact) mass is 228 g/mol. The second kappa shape index (κ2) is 4.93. The Labute approximate surface area is 101 Å². The summed E-state index contributed by atoms with van der Waals surface area (Å²) in [7, 11) is 0. The van der Waals surface area contributed by atoms with Crippen LogP contribution in [-0.4, -0.2) is 9.97 Å². The Bertz CT molecular complexity index is 523. The summed E-state index contributed by atoms with van der Waals surface area (Å²) in [5.74, 6) is 0.791. The molecule has 0 aliphatic rings. The van der Waals surface area contributed by atoms with Crippen molar-refractivity contribution in [3.63, 3.8) is 0 Å². The Morgan fingerprint density at radius 3 is 2.88 bits per heavy atom. The Hall–Kier alpha value is -1.94. The maximum Gasteiger partial charge on any atom is 0.152 e. The van der Waals surface area contributed by atoms with Gasteiger partial charge in [-0.3, -0.25) is 4.98 Å². The number of hydrogen-bond acceptors (Lipinski definition) is 4. The van der Waals surface area contributed by atoms with Crippen LogP contribution in [-0.2, 0) is 6.54 Å². The van der Waals surface area contributed by atoms with Crippen LogP contribution in [0.25, 0.3) is 0 Å². The molecule has 0 spiro atoms. The zero-order valence-electron chi connectivity index (χ0n) is 10.1. The number of anilines is 2. The minimum Gasteiger partial charge on any atom is -0.339 e. The zero-order valence-corrected chi connectivity index (χ0v) is 10.1. The van der Waals surface area contributed by atoms with Crippen LogP contribution in [0.4, 0.5) is 11.5 Å². The highest BCUT2D eigenvalue weighted by atomic mass is 15.0. The normalized spacial score (nSPS) is 10.3. The van der Waals surface area contributed by atoms with Crippen LogP contribution in [0.2, 0.25) is 0 Å². The van der Waals surface area contributed by atoms with E-state index in [4.69, 9.17) is 5.73 Å². The lowest BCUT2D eigenvalue weighted by Gasteiger charge is -2.09. The van der Waals surface area contributed by atoms with Gasteiger partial charge in [0.1, 0.15) is 0 Å². The summed E-state index contributed by atoms with van der Waals surface area (Å²) in [6.45, 7) is 4.39. The number of aromatic nitrogens is 2. The molecule has 0 unspecified atom stereocenters. The van der Waals surface area contributed by atoms with E-state index in [2.05, 4.69) is 15.3 Å². The standard InChI is InChI=1S/C13H16N4/c1-9-8-15-10(2)13(16-9)17-12-5-3-4-11(6-12)7-14/h3-6,8H,7,14H2,1-2H3,(H,16,17). The van der Waals surface area contributed by atoms with Crippen LogP contribution in [0, 0.1) is 13.8 Å². The van der Waals surface area contributed by atoms with Crippen LogP contribution < -0.4 is 11.1 Å². The molecule has 1 aromatic carbocycles. The number of aryl methyl sites for hydroxylation is 2. The molecular formula is C13H16N4. The van der Waals surface area contributed by atoms with Gasteiger partial charge in [0, 0.05) is 18.4 Å². The first-order valence-corrected chi connectivity index (χ1v) is 5.55. The number of hydrogen-bond donors (Lipinski definition) is 2. The maximum atomic E-state index is 5.61. The van der Waals surface area contributed by atoms with E-state index < -0.39 is 0 Å². The van der Waals surface area contributed by atoms with Gasteiger partial charge in [-0.25, -0.2) is 4.98 Å². The van der Waals surface area contributed by atoms with Gasteiger partial charge < -0.3 is 11.1 Å². The Balaban J connectivity index is 2.27. The van der Waals surface area contributed by atoms with E-state index in [0.29, 0.717) is 6.54 Å². The quantitative estimate of drug-likeness (QED) is 0.846. The number of nitrogens with zero attached hydrogens (tertiary/aromatic N) is 2.